The van der Waals surface area contributed by atoms with Gasteiger partial charge < -0.3 is 10.3 Å². The minimum Gasteiger partial charge on any atom is -0.361 e. The number of pyridine rings is 1. The van der Waals surface area contributed by atoms with Crippen LogP contribution >= 0.6 is 11.3 Å². The quantitative estimate of drug-likeness (QED) is 0.546. The van der Waals surface area contributed by atoms with Crippen molar-refractivity contribution in [2.24, 2.45) is 0 Å². The minimum absolute atomic E-state index is 0.0359. The second kappa shape index (κ2) is 7.49. The lowest BCUT2D eigenvalue weighted by Gasteiger charge is -2.04. The summed E-state index contributed by atoms with van der Waals surface area (Å²) in [5, 5.41) is 7.12. The summed E-state index contributed by atoms with van der Waals surface area (Å²) >= 11 is 1.59. The van der Waals surface area contributed by atoms with Crippen molar-refractivity contribution >= 4 is 28.1 Å². The molecule has 0 saturated carbocycles. The topological polar surface area (TPSA) is 70.7 Å². The molecule has 0 aliphatic rings. The number of nitrogens with zero attached hydrogens (tertiary/aromatic N) is 2. The molecule has 0 saturated heterocycles. The highest BCUT2D eigenvalue weighted by Gasteiger charge is 2.09. The highest BCUT2D eigenvalue weighted by atomic mass is 32.1. The van der Waals surface area contributed by atoms with E-state index in [9.17, 15) is 4.79 Å². The fourth-order valence-electron chi connectivity index (χ4n) is 2.85. The summed E-state index contributed by atoms with van der Waals surface area (Å²) < 4.78 is 0. The van der Waals surface area contributed by atoms with Crippen molar-refractivity contribution in [3.8, 4) is 10.6 Å². The lowest BCUT2D eigenvalue weighted by molar-refractivity contribution is -0.121. The van der Waals surface area contributed by atoms with Crippen LogP contribution in [0.25, 0.3) is 21.5 Å². The summed E-state index contributed by atoms with van der Waals surface area (Å²) in [6.45, 7) is 0.530. The Hall–Kier alpha value is -2.99. The minimum atomic E-state index is 0.0359. The number of aryl methyl sites for hydroxylation is 1. The number of H-pyrrole nitrogens is 1. The van der Waals surface area contributed by atoms with Crippen LogP contribution in [0.4, 0.5) is 0 Å². The predicted molar refractivity (Wildman–Crippen MR) is 104 cm³/mol. The van der Waals surface area contributed by atoms with Crippen LogP contribution in [-0.4, -0.2) is 20.9 Å². The number of aromatic nitrogens is 3. The molecule has 4 rings (SSSR count). The standard InChI is InChI=1S/C20H18N4OS/c25-19(23-12-15-11-22-18-4-2-1-3-17(15)18)6-5-16-13-26-20(24-16)14-7-9-21-10-8-14/h1-4,7-11,13,22H,5-6,12H2,(H,23,25). The smallest absolute Gasteiger partial charge is 0.220 e. The van der Waals surface area contributed by atoms with Crippen molar-refractivity contribution in [1.82, 2.24) is 20.3 Å². The average molecular weight is 362 g/mol. The Morgan fingerprint density at radius 1 is 1.15 bits per heavy atom. The average Bonchev–Trinajstić information content (AvgIpc) is 3.33. The lowest BCUT2D eigenvalue weighted by atomic mass is 10.1. The number of hydrogen-bond acceptors (Lipinski definition) is 4. The lowest BCUT2D eigenvalue weighted by Crippen LogP contribution is -2.22. The van der Waals surface area contributed by atoms with Crippen molar-refractivity contribution in [2.45, 2.75) is 19.4 Å². The van der Waals surface area contributed by atoms with E-state index < -0.39 is 0 Å². The summed E-state index contributed by atoms with van der Waals surface area (Å²) in [4.78, 5) is 24.0. The molecule has 4 aromatic rings. The van der Waals surface area contributed by atoms with Gasteiger partial charge in [0.15, 0.2) is 0 Å². The number of carbonyl (C=O) groups is 1. The first-order valence-corrected chi connectivity index (χ1v) is 9.34. The molecular formula is C20H18N4OS. The first-order chi connectivity index (χ1) is 12.8. The Morgan fingerprint density at radius 3 is 2.88 bits per heavy atom. The Labute approximate surface area is 155 Å². The normalized spacial score (nSPS) is 10.9. The number of aromatic amines is 1. The fraction of sp³-hybridized carbons (Fsp3) is 0.150. The summed E-state index contributed by atoms with van der Waals surface area (Å²) in [5.74, 6) is 0.0359. The Bertz CT molecular complexity index is 1020. The molecule has 5 nitrogen and oxygen atoms in total. The Morgan fingerprint density at radius 2 is 2.00 bits per heavy atom. The number of para-hydroxylation sites is 1. The summed E-state index contributed by atoms with van der Waals surface area (Å²) in [6.07, 6.45) is 6.54. The molecule has 0 unspecified atom stereocenters. The second-order valence-corrected chi connectivity index (χ2v) is 6.87. The molecule has 0 spiro atoms. The molecule has 0 bridgehead atoms. The fourth-order valence-corrected chi connectivity index (χ4v) is 3.71. The van der Waals surface area contributed by atoms with Crippen molar-refractivity contribution in [3.05, 3.63) is 71.6 Å². The molecule has 6 heteroatoms. The highest BCUT2D eigenvalue weighted by molar-refractivity contribution is 7.13. The zero-order valence-corrected chi connectivity index (χ0v) is 14.9. The van der Waals surface area contributed by atoms with Gasteiger partial charge in [0.2, 0.25) is 5.91 Å². The molecule has 0 aliphatic heterocycles. The van der Waals surface area contributed by atoms with Crippen LogP contribution in [0, 0.1) is 0 Å². The Balaban J connectivity index is 1.31. The number of carbonyl (C=O) groups excluding carboxylic acids is 1. The van der Waals surface area contributed by atoms with Gasteiger partial charge in [-0.25, -0.2) is 4.98 Å². The number of rotatable bonds is 6. The van der Waals surface area contributed by atoms with E-state index >= 15 is 0 Å². The van der Waals surface area contributed by atoms with Gasteiger partial charge >= 0.3 is 0 Å². The first kappa shape index (κ1) is 16.5. The molecule has 0 radical (unpaired) electrons. The van der Waals surface area contributed by atoms with Crippen molar-refractivity contribution in [1.29, 1.82) is 0 Å². The predicted octanol–water partition coefficient (Wildman–Crippen LogP) is 3.94. The second-order valence-electron chi connectivity index (χ2n) is 6.02. The van der Waals surface area contributed by atoms with Gasteiger partial charge in [-0.1, -0.05) is 18.2 Å². The molecule has 3 aromatic heterocycles. The van der Waals surface area contributed by atoms with Crippen molar-refractivity contribution in [2.75, 3.05) is 0 Å². The molecule has 1 aromatic carbocycles. The van der Waals surface area contributed by atoms with E-state index in [2.05, 4.69) is 26.3 Å². The van der Waals surface area contributed by atoms with E-state index in [4.69, 9.17) is 0 Å². The van der Waals surface area contributed by atoms with Crippen molar-refractivity contribution < 1.29 is 4.79 Å². The zero-order valence-electron chi connectivity index (χ0n) is 14.1. The van der Waals surface area contributed by atoms with Crippen molar-refractivity contribution in [3.63, 3.8) is 0 Å². The van der Waals surface area contributed by atoms with Crippen LogP contribution in [0.2, 0.25) is 0 Å². The largest absolute Gasteiger partial charge is 0.361 e. The number of fused-ring (bicyclic) bond motifs is 1. The Kier molecular flexibility index (Phi) is 4.75. The molecule has 1 amide bonds. The van der Waals surface area contributed by atoms with Crippen LogP contribution < -0.4 is 5.32 Å². The van der Waals surface area contributed by atoms with E-state index in [0.29, 0.717) is 19.4 Å². The van der Waals surface area contributed by atoms with Crippen LogP contribution in [0.3, 0.4) is 0 Å². The molecule has 130 valence electrons. The van der Waals surface area contributed by atoms with Gasteiger partial charge in [-0.05, 0) is 30.2 Å². The van der Waals surface area contributed by atoms with Gasteiger partial charge in [-0.2, -0.15) is 0 Å². The number of benzene rings is 1. The third kappa shape index (κ3) is 3.65. The van der Waals surface area contributed by atoms with E-state index in [-0.39, 0.29) is 5.91 Å². The zero-order chi connectivity index (χ0) is 17.8. The van der Waals surface area contributed by atoms with Gasteiger partial charge in [-0.15, -0.1) is 11.3 Å². The van der Waals surface area contributed by atoms with Crippen LogP contribution in [-0.2, 0) is 17.8 Å². The molecule has 0 aliphatic carbocycles. The monoisotopic (exact) mass is 362 g/mol. The first-order valence-electron chi connectivity index (χ1n) is 8.46. The summed E-state index contributed by atoms with van der Waals surface area (Å²) in [6, 6.07) is 12.0. The van der Waals surface area contributed by atoms with Crippen LogP contribution in [0.1, 0.15) is 17.7 Å². The maximum Gasteiger partial charge on any atom is 0.220 e. The molecule has 0 atom stereocenters. The third-order valence-electron chi connectivity index (χ3n) is 4.24. The van der Waals surface area contributed by atoms with Gasteiger partial charge in [0, 0.05) is 53.4 Å². The number of hydrogen-bond donors (Lipinski definition) is 2. The maximum absolute atomic E-state index is 12.2. The van der Waals surface area contributed by atoms with E-state index in [0.717, 1.165) is 32.7 Å². The van der Waals surface area contributed by atoms with Crippen LogP contribution in [0.5, 0.6) is 0 Å². The number of amides is 1. The van der Waals surface area contributed by atoms with E-state index in [1.165, 1.54) is 0 Å². The molecule has 26 heavy (non-hydrogen) atoms. The number of nitrogens with one attached hydrogen (secondary N) is 2. The maximum atomic E-state index is 12.2. The SMILES string of the molecule is O=C(CCc1csc(-c2ccncc2)n1)NCc1c[nH]c2ccccc12. The van der Waals surface area contributed by atoms with Gasteiger partial charge in [-0.3, -0.25) is 9.78 Å². The van der Waals surface area contributed by atoms with Gasteiger partial charge in [0.25, 0.3) is 0 Å². The highest BCUT2D eigenvalue weighted by Crippen LogP contribution is 2.23. The molecular weight excluding hydrogens is 344 g/mol. The van der Waals surface area contributed by atoms with Gasteiger partial charge in [0.05, 0.1) is 5.69 Å². The summed E-state index contributed by atoms with van der Waals surface area (Å²) in [5.41, 5.74) is 4.19. The van der Waals surface area contributed by atoms with Crippen LogP contribution in [0.15, 0.2) is 60.4 Å². The third-order valence-corrected chi connectivity index (χ3v) is 5.18. The van der Waals surface area contributed by atoms with E-state index in [1.807, 2.05) is 41.9 Å². The number of thiazole rings is 1. The van der Waals surface area contributed by atoms with Gasteiger partial charge in [0.1, 0.15) is 5.01 Å². The molecule has 3 heterocycles. The van der Waals surface area contributed by atoms with E-state index in [1.54, 1.807) is 23.7 Å². The summed E-state index contributed by atoms with van der Waals surface area (Å²) in [7, 11) is 0. The molecule has 0 fully saturated rings. The molecule has 2 N–H and O–H groups in total.